The summed E-state index contributed by atoms with van der Waals surface area (Å²) in [7, 11) is 0. The van der Waals surface area contributed by atoms with Crippen molar-refractivity contribution in [2.75, 3.05) is 0 Å². The van der Waals surface area contributed by atoms with E-state index in [1.165, 1.54) is 11.3 Å². The standard InChI is InChI=1S/C19H23N3O4S/c1-10-14-17(21-13-8-5-9-22(13)18(14)24)27-15(10)19(25)26-11(2)16(23)20-12-6-3-4-7-12/h11-12H,3-9H2,1-2H3,(H,20,23)/t11-/m0/s1. The molecule has 1 aliphatic carbocycles. The fourth-order valence-electron chi connectivity index (χ4n) is 3.93. The van der Waals surface area contributed by atoms with Crippen molar-refractivity contribution in [1.82, 2.24) is 14.9 Å². The Morgan fingerprint density at radius 1 is 1.30 bits per heavy atom. The van der Waals surface area contributed by atoms with Gasteiger partial charge in [-0.25, -0.2) is 9.78 Å². The summed E-state index contributed by atoms with van der Waals surface area (Å²) in [6, 6.07) is 0.177. The minimum Gasteiger partial charge on any atom is -0.448 e. The molecule has 0 spiro atoms. The molecule has 0 saturated heterocycles. The van der Waals surface area contributed by atoms with Crippen molar-refractivity contribution >= 4 is 33.4 Å². The lowest BCUT2D eigenvalue weighted by Gasteiger charge is -2.17. The SMILES string of the molecule is Cc1c(C(=O)O[C@@H](C)C(=O)NC2CCCC2)sc2nc3n(c(=O)c12)CCC3. The van der Waals surface area contributed by atoms with Crippen molar-refractivity contribution in [1.29, 1.82) is 0 Å². The van der Waals surface area contributed by atoms with E-state index in [9.17, 15) is 14.4 Å². The van der Waals surface area contributed by atoms with Crippen molar-refractivity contribution in [3.8, 4) is 0 Å². The molecule has 1 aliphatic heterocycles. The van der Waals surface area contributed by atoms with Crippen LogP contribution in [-0.4, -0.2) is 33.6 Å². The number of carbonyl (C=O) groups excluding carboxylic acids is 2. The Balaban J connectivity index is 1.54. The van der Waals surface area contributed by atoms with Crippen LogP contribution >= 0.6 is 11.3 Å². The second-order valence-corrected chi connectivity index (χ2v) is 8.36. The van der Waals surface area contributed by atoms with Crippen LogP contribution in [0.4, 0.5) is 0 Å². The summed E-state index contributed by atoms with van der Waals surface area (Å²) in [5.74, 6) is -0.0710. The number of aryl methyl sites for hydroxylation is 2. The van der Waals surface area contributed by atoms with Gasteiger partial charge < -0.3 is 10.1 Å². The zero-order valence-corrected chi connectivity index (χ0v) is 16.4. The zero-order chi connectivity index (χ0) is 19.1. The van der Waals surface area contributed by atoms with Gasteiger partial charge in [-0.3, -0.25) is 14.2 Å². The van der Waals surface area contributed by atoms with Gasteiger partial charge in [0.1, 0.15) is 15.5 Å². The number of nitrogens with one attached hydrogen (secondary N) is 1. The summed E-state index contributed by atoms with van der Waals surface area (Å²) in [5, 5.41) is 3.42. The maximum atomic E-state index is 12.7. The van der Waals surface area contributed by atoms with Gasteiger partial charge in [0, 0.05) is 19.0 Å². The fourth-order valence-corrected chi connectivity index (χ4v) is 5.00. The minimum absolute atomic E-state index is 0.0904. The highest BCUT2D eigenvalue weighted by Gasteiger charge is 2.27. The molecule has 1 N–H and O–H groups in total. The Morgan fingerprint density at radius 2 is 2.04 bits per heavy atom. The number of carbonyl (C=O) groups is 2. The van der Waals surface area contributed by atoms with Gasteiger partial charge in [0.15, 0.2) is 6.10 Å². The van der Waals surface area contributed by atoms with Gasteiger partial charge >= 0.3 is 5.97 Å². The first-order valence-corrected chi connectivity index (χ1v) is 10.3. The van der Waals surface area contributed by atoms with E-state index in [2.05, 4.69) is 10.3 Å². The summed E-state index contributed by atoms with van der Waals surface area (Å²) in [6.45, 7) is 3.99. The van der Waals surface area contributed by atoms with Crippen LogP contribution in [0.2, 0.25) is 0 Å². The van der Waals surface area contributed by atoms with Gasteiger partial charge in [-0.1, -0.05) is 12.8 Å². The smallest absolute Gasteiger partial charge is 0.349 e. The number of fused-ring (bicyclic) bond motifs is 2. The molecule has 0 aromatic carbocycles. The van der Waals surface area contributed by atoms with Crippen molar-refractivity contribution in [3.05, 3.63) is 26.6 Å². The Hall–Kier alpha value is -2.22. The lowest BCUT2D eigenvalue weighted by atomic mass is 10.2. The highest BCUT2D eigenvalue weighted by molar-refractivity contribution is 7.20. The predicted molar refractivity (Wildman–Crippen MR) is 102 cm³/mol. The lowest BCUT2D eigenvalue weighted by molar-refractivity contribution is -0.129. The Labute approximate surface area is 160 Å². The van der Waals surface area contributed by atoms with E-state index >= 15 is 0 Å². The van der Waals surface area contributed by atoms with Crippen LogP contribution in [0.3, 0.4) is 0 Å². The van der Waals surface area contributed by atoms with E-state index in [4.69, 9.17) is 4.74 Å². The maximum absolute atomic E-state index is 12.7. The van der Waals surface area contributed by atoms with Crippen LogP contribution in [0.25, 0.3) is 10.2 Å². The second kappa shape index (κ2) is 7.07. The van der Waals surface area contributed by atoms with Crippen LogP contribution in [0.5, 0.6) is 0 Å². The van der Waals surface area contributed by atoms with Crippen LogP contribution in [-0.2, 0) is 22.5 Å². The first kappa shape index (κ1) is 18.2. The van der Waals surface area contributed by atoms with E-state index < -0.39 is 12.1 Å². The summed E-state index contributed by atoms with van der Waals surface area (Å²) >= 11 is 1.17. The molecule has 4 rings (SSSR count). The first-order chi connectivity index (χ1) is 13.0. The number of rotatable bonds is 4. The van der Waals surface area contributed by atoms with Gasteiger partial charge in [-0.2, -0.15) is 0 Å². The summed E-state index contributed by atoms with van der Waals surface area (Å²) in [4.78, 5) is 43.1. The van der Waals surface area contributed by atoms with Crippen molar-refractivity contribution < 1.29 is 14.3 Å². The molecule has 1 amide bonds. The molecule has 0 unspecified atom stereocenters. The number of amides is 1. The lowest BCUT2D eigenvalue weighted by Crippen LogP contribution is -2.40. The third kappa shape index (κ3) is 3.26. The Kier molecular flexibility index (Phi) is 4.75. The molecule has 2 aromatic rings. The van der Waals surface area contributed by atoms with Crippen molar-refractivity contribution in [2.45, 2.75) is 71.1 Å². The average molecular weight is 389 g/mol. The van der Waals surface area contributed by atoms with Gasteiger partial charge in [-0.15, -0.1) is 11.3 Å². The van der Waals surface area contributed by atoms with E-state index in [0.29, 0.717) is 27.2 Å². The summed E-state index contributed by atoms with van der Waals surface area (Å²) in [5.41, 5.74) is 0.496. The number of aromatic nitrogens is 2. The van der Waals surface area contributed by atoms with E-state index in [1.807, 2.05) is 0 Å². The van der Waals surface area contributed by atoms with Crippen LogP contribution in [0, 0.1) is 6.92 Å². The third-order valence-corrected chi connectivity index (χ3v) is 6.62. The van der Waals surface area contributed by atoms with E-state index in [1.54, 1.807) is 18.4 Å². The van der Waals surface area contributed by atoms with Crippen LogP contribution < -0.4 is 10.9 Å². The van der Waals surface area contributed by atoms with Crippen LogP contribution in [0.15, 0.2) is 4.79 Å². The van der Waals surface area contributed by atoms with Crippen LogP contribution in [0.1, 0.15) is 60.1 Å². The molecular formula is C19H23N3O4S. The predicted octanol–water partition coefficient (Wildman–Crippen LogP) is 2.32. The van der Waals surface area contributed by atoms with Gasteiger partial charge in [0.2, 0.25) is 0 Å². The van der Waals surface area contributed by atoms with Crippen molar-refractivity contribution in [3.63, 3.8) is 0 Å². The first-order valence-electron chi connectivity index (χ1n) is 9.50. The molecule has 3 heterocycles. The molecule has 2 aliphatic rings. The van der Waals surface area contributed by atoms with Gasteiger partial charge in [-0.05, 0) is 38.7 Å². The average Bonchev–Trinajstić information content (AvgIpc) is 3.35. The molecular weight excluding hydrogens is 366 g/mol. The monoisotopic (exact) mass is 389 g/mol. The second-order valence-electron chi connectivity index (χ2n) is 7.36. The molecule has 1 fully saturated rings. The molecule has 1 atom stereocenters. The van der Waals surface area contributed by atoms with E-state index in [0.717, 1.165) is 44.3 Å². The quantitative estimate of drug-likeness (QED) is 0.811. The summed E-state index contributed by atoms with van der Waals surface area (Å²) < 4.78 is 7.07. The maximum Gasteiger partial charge on any atom is 0.349 e. The molecule has 27 heavy (non-hydrogen) atoms. The van der Waals surface area contributed by atoms with Gasteiger partial charge in [0.25, 0.3) is 11.5 Å². The number of esters is 1. The van der Waals surface area contributed by atoms with E-state index in [-0.39, 0.29) is 17.5 Å². The Bertz CT molecular complexity index is 971. The molecule has 7 nitrogen and oxygen atoms in total. The number of hydrogen-bond donors (Lipinski definition) is 1. The molecule has 0 bridgehead atoms. The molecule has 1 saturated carbocycles. The topological polar surface area (TPSA) is 90.3 Å². The molecule has 2 aromatic heterocycles. The molecule has 144 valence electrons. The normalized spacial score (nSPS) is 17.9. The number of ether oxygens (including phenoxy) is 1. The number of hydrogen-bond acceptors (Lipinski definition) is 6. The van der Waals surface area contributed by atoms with Crippen molar-refractivity contribution in [2.24, 2.45) is 0 Å². The minimum atomic E-state index is -0.873. The molecule has 8 heteroatoms. The number of nitrogens with zero attached hydrogens (tertiary/aromatic N) is 2. The molecule has 0 radical (unpaired) electrons. The third-order valence-electron chi connectivity index (χ3n) is 5.45. The summed E-state index contributed by atoms with van der Waals surface area (Å²) in [6.07, 6.45) is 5.01. The number of thiophene rings is 1. The zero-order valence-electron chi connectivity index (χ0n) is 15.5. The highest BCUT2D eigenvalue weighted by atomic mass is 32.1. The Morgan fingerprint density at radius 3 is 2.78 bits per heavy atom. The van der Waals surface area contributed by atoms with Gasteiger partial charge in [0.05, 0.1) is 5.39 Å². The highest BCUT2D eigenvalue weighted by Crippen LogP contribution is 2.29. The largest absolute Gasteiger partial charge is 0.448 e. The fraction of sp³-hybridized carbons (Fsp3) is 0.579.